The molecule has 0 fully saturated rings. The van der Waals surface area contributed by atoms with Crippen molar-refractivity contribution >= 4 is 76.2 Å². The molecule has 7 heteroatoms. The van der Waals surface area contributed by atoms with Crippen molar-refractivity contribution < 1.29 is 9.47 Å². The number of benzene rings is 10. The first kappa shape index (κ1) is 51.3. The lowest BCUT2D eigenvalue weighted by Gasteiger charge is -2.28. The summed E-state index contributed by atoms with van der Waals surface area (Å²) in [6.07, 6.45) is 0. The molecule has 0 radical (unpaired) electrons. The Morgan fingerprint density at radius 2 is 0.667 bits per heavy atom. The van der Waals surface area contributed by atoms with Crippen LogP contribution in [0.3, 0.4) is 0 Å². The molecule has 0 aromatic heterocycles. The lowest BCUT2D eigenvalue weighted by Crippen LogP contribution is -2.16. The maximum atomic E-state index is 5.44. The Labute approximate surface area is 467 Å². The molecule has 2 aliphatic rings. The SMILES string of the molecule is Brc1ccc(-c2ccc(Br)cc2)cc1.COc1ccc(N(c2ccc(-c3ccc(Br)cc3)cc2)c2ccc3c(c2)C(C)(C)c2ccccc2-3)cc1.COc1ccc(Nc2ccc3c(c2)C(C)(C)c2ccccc2-3)cc1. The standard InChI is InChI=1S/C34H28BrNO.C22H21NO.C12H8Br2/c1-34(2)32-7-5-4-6-30(32)31-21-18-28(22-33(31)34)36(27-16-19-29(37-3)20-17-27)26-14-10-24(11-15-26)23-8-12-25(35)13-9-23;1-22(2)20-7-5-4-6-18(20)19-13-10-16(14-21(19)22)23-15-8-11-17(24-3)12-9-15;13-11-5-1-9(2-6-11)10-3-7-12(14)8-4-10/h4-22H,1-3H3;4-14,23H,1-3H3;1-8H. The first-order chi connectivity index (χ1) is 36.3. The maximum Gasteiger partial charge on any atom is 0.119 e. The largest absolute Gasteiger partial charge is 0.497 e. The van der Waals surface area contributed by atoms with Crippen molar-refractivity contribution in [1.82, 2.24) is 0 Å². The van der Waals surface area contributed by atoms with Crippen molar-refractivity contribution in [3.05, 3.63) is 266 Å². The number of hydrogen-bond donors (Lipinski definition) is 1. The highest BCUT2D eigenvalue weighted by Gasteiger charge is 2.36. The minimum Gasteiger partial charge on any atom is -0.497 e. The molecule has 2 aliphatic carbocycles. The molecule has 10 aromatic rings. The predicted molar refractivity (Wildman–Crippen MR) is 326 cm³/mol. The van der Waals surface area contributed by atoms with Gasteiger partial charge in [-0.05, 0) is 188 Å². The van der Waals surface area contributed by atoms with E-state index in [0.717, 1.165) is 53.4 Å². The van der Waals surface area contributed by atoms with Crippen LogP contribution in [0.5, 0.6) is 11.5 Å². The number of nitrogens with zero attached hydrogens (tertiary/aromatic N) is 1. The highest BCUT2D eigenvalue weighted by atomic mass is 79.9. The summed E-state index contributed by atoms with van der Waals surface area (Å²) in [7, 11) is 3.39. The summed E-state index contributed by atoms with van der Waals surface area (Å²) >= 11 is 10.4. The Bertz CT molecular complexity index is 3550. The number of methoxy groups -OCH3 is 2. The van der Waals surface area contributed by atoms with E-state index in [1.165, 1.54) is 66.8 Å². The molecule has 10 aromatic carbocycles. The number of fused-ring (bicyclic) bond motifs is 6. The number of ether oxygens (including phenoxy) is 2. The number of rotatable bonds is 9. The Morgan fingerprint density at radius 3 is 1.11 bits per heavy atom. The monoisotopic (exact) mass is 1170 g/mol. The van der Waals surface area contributed by atoms with Gasteiger partial charge in [-0.2, -0.15) is 0 Å². The van der Waals surface area contributed by atoms with Crippen LogP contribution in [0.1, 0.15) is 49.9 Å². The third-order valence-corrected chi connectivity index (χ3v) is 16.0. The van der Waals surface area contributed by atoms with E-state index in [-0.39, 0.29) is 10.8 Å². The van der Waals surface area contributed by atoms with Crippen LogP contribution in [0.25, 0.3) is 44.5 Å². The molecule has 372 valence electrons. The van der Waals surface area contributed by atoms with Gasteiger partial charge in [0.1, 0.15) is 11.5 Å². The van der Waals surface area contributed by atoms with Crippen LogP contribution in [0.2, 0.25) is 0 Å². The van der Waals surface area contributed by atoms with E-state index in [1.807, 2.05) is 36.4 Å². The van der Waals surface area contributed by atoms with Gasteiger partial charge in [-0.1, -0.05) is 185 Å². The third kappa shape index (κ3) is 10.9. The van der Waals surface area contributed by atoms with Gasteiger partial charge in [0.2, 0.25) is 0 Å². The molecule has 75 heavy (non-hydrogen) atoms. The van der Waals surface area contributed by atoms with E-state index in [4.69, 9.17) is 9.47 Å². The van der Waals surface area contributed by atoms with Crippen LogP contribution in [0.15, 0.2) is 244 Å². The number of halogens is 3. The molecule has 0 heterocycles. The summed E-state index contributed by atoms with van der Waals surface area (Å²) in [5.74, 6) is 1.71. The molecule has 0 saturated carbocycles. The molecule has 0 unspecified atom stereocenters. The van der Waals surface area contributed by atoms with E-state index in [1.54, 1.807) is 14.2 Å². The highest BCUT2D eigenvalue weighted by molar-refractivity contribution is 9.11. The predicted octanol–water partition coefficient (Wildman–Crippen LogP) is 20.5. The summed E-state index contributed by atoms with van der Waals surface area (Å²) in [5, 5.41) is 3.49. The Hall–Kier alpha value is -7.16. The van der Waals surface area contributed by atoms with Gasteiger partial charge >= 0.3 is 0 Å². The topological polar surface area (TPSA) is 33.7 Å². The van der Waals surface area contributed by atoms with E-state index < -0.39 is 0 Å². The third-order valence-electron chi connectivity index (χ3n) is 14.4. The summed E-state index contributed by atoms with van der Waals surface area (Å²) in [4.78, 5) is 2.32. The summed E-state index contributed by atoms with van der Waals surface area (Å²) < 4.78 is 14.0. The number of nitrogens with one attached hydrogen (secondary N) is 1. The van der Waals surface area contributed by atoms with Gasteiger partial charge in [-0.15, -0.1) is 0 Å². The van der Waals surface area contributed by atoms with Crippen LogP contribution in [-0.4, -0.2) is 14.2 Å². The van der Waals surface area contributed by atoms with E-state index in [9.17, 15) is 0 Å². The summed E-state index contributed by atoms with van der Waals surface area (Å²) in [6.45, 7) is 9.25. The second kappa shape index (κ2) is 22.0. The zero-order chi connectivity index (χ0) is 52.3. The first-order valence-corrected chi connectivity index (χ1v) is 27.4. The fourth-order valence-electron chi connectivity index (χ4n) is 10.4. The Morgan fingerprint density at radius 1 is 0.333 bits per heavy atom. The molecule has 4 nitrogen and oxygen atoms in total. The molecule has 0 aliphatic heterocycles. The average molecular weight is 1170 g/mol. The van der Waals surface area contributed by atoms with Gasteiger partial charge in [0.25, 0.3) is 0 Å². The van der Waals surface area contributed by atoms with Crippen molar-refractivity contribution in [2.24, 2.45) is 0 Å². The van der Waals surface area contributed by atoms with E-state index in [0.29, 0.717) is 0 Å². The van der Waals surface area contributed by atoms with Gasteiger partial charge in [-0.25, -0.2) is 0 Å². The minimum atomic E-state index is -0.0566. The molecule has 0 saturated heterocycles. The fourth-order valence-corrected chi connectivity index (χ4v) is 11.2. The maximum absolute atomic E-state index is 5.44. The normalized spacial score (nSPS) is 12.8. The first-order valence-electron chi connectivity index (χ1n) is 25.0. The molecule has 0 spiro atoms. The van der Waals surface area contributed by atoms with Crippen molar-refractivity contribution in [2.45, 2.75) is 38.5 Å². The van der Waals surface area contributed by atoms with Gasteiger partial charge in [0.15, 0.2) is 0 Å². The van der Waals surface area contributed by atoms with Crippen molar-refractivity contribution in [2.75, 3.05) is 24.4 Å². The van der Waals surface area contributed by atoms with Crippen LogP contribution < -0.4 is 19.7 Å². The van der Waals surface area contributed by atoms with Crippen molar-refractivity contribution in [3.63, 3.8) is 0 Å². The van der Waals surface area contributed by atoms with E-state index >= 15 is 0 Å². The van der Waals surface area contributed by atoms with Crippen molar-refractivity contribution in [3.8, 4) is 56.0 Å². The second-order valence-electron chi connectivity index (χ2n) is 19.8. The number of hydrogen-bond acceptors (Lipinski definition) is 4. The smallest absolute Gasteiger partial charge is 0.119 e. The van der Waals surface area contributed by atoms with Crippen LogP contribution in [0, 0.1) is 0 Å². The van der Waals surface area contributed by atoms with Gasteiger partial charge in [0, 0.05) is 52.7 Å². The zero-order valence-corrected chi connectivity index (χ0v) is 47.6. The Kier molecular flexibility index (Phi) is 15.0. The summed E-state index contributed by atoms with van der Waals surface area (Å²) in [6, 6.07) is 81.2. The fraction of sp³-hybridized carbons (Fsp3) is 0.118. The lowest BCUT2D eigenvalue weighted by molar-refractivity contribution is 0.415. The molecule has 0 atom stereocenters. The molecular formula is C68H57Br3N2O2. The van der Waals surface area contributed by atoms with Gasteiger partial charge in [0.05, 0.1) is 14.2 Å². The average Bonchev–Trinajstić information content (AvgIpc) is 3.83. The second-order valence-corrected chi connectivity index (χ2v) is 22.5. The zero-order valence-electron chi connectivity index (χ0n) is 42.8. The van der Waals surface area contributed by atoms with Gasteiger partial charge < -0.3 is 19.7 Å². The van der Waals surface area contributed by atoms with Crippen LogP contribution in [-0.2, 0) is 10.8 Å². The Balaban J connectivity index is 0.000000144. The van der Waals surface area contributed by atoms with Gasteiger partial charge in [-0.3, -0.25) is 0 Å². The lowest BCUT2D eigenvalue weighted by atomic mass is 9.82. The quantitative estimate of drug-likeness (QED) is 0.156. The highest BCUT2D eigenvalue weighted by Crippen LogP contribution is 2.52. The molecule has 0 bridgehead atoms. The minimum absolute atomic E-state index is 0.0313. The van der Waals surface area contributed by atoms with E-state index in [2.05, 4.69) is 280 Å². The van der Waals surface area contributed by atoms with Crippen LogP contribution >= 0.6 is 47.8 Å². The summed E-state index contributed by atoms with van der Waals surface area (Å²) in [5.41, 5.74) is 21.2. The molecule has 0 amide bonds. The number of anilines is 5. The molecular weight excluding hydrogens is 1120 g/mol. The van der Waals surface area contributed by atoms with Crippen molar-refractivity contribution in [1.29, 1.82) is 0 Å². The molecule has 1 N–H and O–H groups in total. The van der Waals surface area contributed by atoms with Crippen LogP contribution in [0.4, 0.5) is 28.4 Å². The molecule has 12 rings (SSSR count).